The molecule has 1 saturated heterocycles. The highest BCUT2D eigenvalue weighted by Gasteiger charge is 2.29. The van der Waals surface area contributed by atoms with Crippen molar-refractivity contribution in [3.63, 3.8) is 0 Å². The molecule has 3 nitrogen and oxygen atoms in total. The maximum atomic E-state index is 12.4. The molecule has 0 saturated carbocycles. The average molecular weight is 267 g/mol. The third-order valence-corrected chi connectivity index (χ3v) is 5.16. The predicted molar refractivity (Wildman–Crippen MR) is 75.1 cm³/mol. The van der Waals surface area contributed by atoms with Gasteiger partial charge in [-0.2, -0.15) is 0 Å². The van der Waals surface area contributed by atoms with Crippen LogP contribution >= 0.6 is 0 Å². The van der Waals surface area contributed by atoms with E-state index in [9.17, 15) is 4.21 Å². The standard InChI is InChI=1S/C14H21NO2S/c1-11-4-3-5-12(8-11)10-18(16)14-9-17-7-6-13(14)15-2/h3-5,8,13-15H,6-7,9-10H2,1-2H3. The van der Waals surface area contributed by atoms with E-state index in [4.69, 9.17) is 4.74 Å². The molecule has 0 aromatic heterocycles. The molecule has 1 fully saturated rings. The molecular formula is C14H21NO2S. The lowest BCUT2D eigenvalue weighted by atomic mass is 10.1. The van der Waals surface area contributed by atoms with Crippen LogP contribution in [0, 0.1) is 6.92 Å². The van der Waals surface area contributed by atoms with Gasteiger partial charge >= 0.3 is 0 Å². The van der Waals surface area contributed by atoms with Crippen LogP contribution in [0.3, 0.4) is 0 Å². The Bertz CT molecular complexity index is 422. The Hall–Kier alpha value is -0.710. The second-order valence-corrected chi connectivity index (χ2v) is 6.47. The Morgan fingerprint density at radius 3 is 3.06 bits per heavy atom. The maximum absolute atomic E-state index is 12.4. The van der Waals surface area contributed by atoms with Gasteiger partial charge in [-0.15, -0.1) is 0 Å². The van der Waals surface area contributed by atoms with Gasteiger partial charge in [0.2, 0.25) is 0 Å². The first kappa shape index (κ1) is 13.7. The molecule has 1 aliphatic heterocycles. The Kier molecular flexibility index (Phi) is 4.92. The van der Waals surface area contributed by atoms with E-state index in [-0.39, 0.29) is 5.25 Å². The fraction of sp³-hybridized carbons (Fsp3) is 0.571. The molecule has 18 heavy (non-hydrogen) atoms. The van der Waals surface area contributed by atoms with Gasteiger partial charge < -0.3 is 10.1 Å². The summed E-state index contributed by atoms with van der Waals surface area (Å²) in [6.45, 7) is 3.43. The zero-order valence-electron chi connectivity index (χ0n) is 11.0. The van der Waals surface area contributed by atoms with E-state index in [0.29, 0.717) is 18.4 Å². The number of benzene rings is 1. The van der Waals surface area contributed by atoms with Crippen molar-refractivity contribution in [3.8, 4) is 0 Å². The zero-order valence-corrected chi connectivity index (χ0v) is 11.8. The van der Waals surface area contributed by atoms with Crippen LogP contribution < -0.4 is 5.32 Å². The fourth-order valence-corrected chi connectivity index (χ4v) is 3.98. The fourth-order valence-electron chi connectivity index (χ4n) is 2.37. The molecule has 1 aliphatic rings. The molecule has 2 rings (SSSR count). The molecular weight excluding hydrogens is 246 g/mol. The minimum absolute atomic E-state index is 0.101. The van der Waals surface area contributed by atoms with E-state index in [1.165, 1.54) is 5.56 Å². The molecule has 0 spiro atoms. The minimum Gasteiger partial charge on any atom is -0.380 e. The molecule has 0 amide bonds. The average Bonchev–Trinajstić information content (AvgIpc) is 2.38. The van der Waals surface area contributed by atoms with Gasteiger partial charge in [-0.1, -0.05) is 29.8 Å². The lowest BCUT2D eigenvalue weighted by Gasteiger charge is -2.30. The molecule has 0 bridgehead atoms. The van der Waals surface area contributed by atoms with Gasteiger partial charge in [0.1, 0.15) is 0 Å². The SMILES string of the molecule is CNC1CCOCC1S(=O)Cc1cccc(C)c1. The van der Waals surface area contributed by atoms with Gasteiger partial charge in [0.25, 0.3) is 0 Å². The molecule has 100 valence electrons. The van der Waals surface area contributed by atoms with Crippen LogP contribution in [0.25, 0.3) is 0 Å². The lowest BCUT2D eigenvalue weighted by molar-refractivity contribution is 0.0838. The maximum Gasteiger partial charge on any atom is 0.0738 e. The van der Waals surface area contributed by atoms with Crippen LogP contribution in [-0.4, -0.2) is 35.8 Å². The number of aryl methyl sites for hydroxylation is 1. The molecule has 0 radical (unpaired) electrons. The number of hydrogen-bond donors (Lipinski definition) is 1. The van der Waals surface area contributed by atoms with Crippen molar-refractivity contribution in [3.05, 3.63) is 35.4 Å². The highest BCUT2D eigenvalue weighted by atomic mass is 32.2. The van der Waals surface area contributed by atoms with Crippen molar-refractivity contribution in [2.75, 3.05) is 20.3 Å². The van der Waals surface area contributed by atoms with Gasteiger partial charge in [0.15, 0.2) is 0 Å². The highest BCUT2D eigenvalue weighted by molar-refractivity contribution is 7.84. The van der Waals surface area contributed by atoms with Crippen LogP contribution in [0.1, 0.15) is 17.5 Å². The predicted octanol–water partition coefficient (Wildman–Crippen LogP) is 1.62. The minimum atomic E-state index is -0.883. The Morgan fingerprint density at radius 1 is 1.50 bits per heavy atom. The lowest BCUT2D eigenvalue weighted by Crippen LogP contribution is -2.47. The number of nitrogens with one attached hydrogen (secondary N) is 1. The van der Waals surface area contributed by atoms with Gasteiger partial charge in [-0.25, -0.2) is 0 Å². The summed E-state index contributed by atoms with van der Waals surface area (Å²) in [7, 11) is 1.05. The van der Waals surface area contributed by atoms with Crippen molar-refractivity contribution in [1.29, 1.82) is 0 Å². The normalized spacial score (nSPS) is 25.9. The molecule has 1 aromatic carbocycles. The van der Waals surface area contributed by atoms with Crippen molar-refractivity contribution in [2.45, 2.75) is 30.4 Å². The van der Waals surface area contributed by atoms with Crippen molar-refractivity contribution in [1.82, 2.24) is 5.32 Å². The molecule has 1 N–H and O–H groups in total. The molecule has 3 atom stereocenters. The van der Waals surface area contributed by atoms with Crippen LogP contribution in [0.2, 0.25) is 0 Å². The summed E-state index contributed by atoms with van der Waals surface area (Å²) in [5, 5.41) is 3.36. The zero-order chi connectivity index (χ0) is 13.0. The summed E-state index contributed by atoms with van der Waals surface area (Å²) < 4.78 is 17.9. The van der Waals surface area contributed by atoms with Crippen LogP contribution in [-0.2, 0) is 21.3 Å². The second-order valence-electron chi connectivity index (χ2n) is 4.81. The smallest absolute Gasteiger partial charge is 0.0738 e. The van der Waals surface area contributed by atoms with Crippen LogP contribution in [0.4, 0.5) is 0 Å². The monoisotopic (exact) mass is 267 g/mol. The summed E-state index contributed by atoms with van der Waals surface area (Å²) in [5.41, 5.74) is 2.36. The third kappa shape index (κ3) is 3.40. The molecule has 1 aromatic rings. The van der Waals surface area contributed by atoms with E-state index >= 15 is 0 Å². The van der Waals surface area contributed by atoms with Gasteiger partial charge in [-0.05, 0) is 26.0 Å². The van der Waals surface area contributed by atoms with Gasteiger partial charge in [0, 0.05) is 29.2 Å². The Morgan fingerprint density at radius 2 is 2.33 bits per heavy atom. The van der Waals surface area contributed by atoms with E-state index < -0.39 is 10.8 Å². The first-order valence-corrected chi connectivity index (χ1v) is 7.76. The quantitative estimate of drug-likeness (QED) is 0.901. The van der Waals surface area contributed by atoms with Crippen LogP contribution in [0.15, 0.2) is 24.3 Å². The summed E-state index contributed by atoms with van der Waals surface area (Å²) in [4.78, 5) is 0. The summed E-state index contributed by atoms with van der Waals surface area (Å²) in [6.07, 6.45) is 0.945. The Labute approximate surface area is 111 Å². The molecule has 1 heterocycles. The molecule has 4 heteroatoms. The first-order valence-electron chi connectivity index (χ1n) is 6.38. The topological polar surface area (TPSA) is 38.3 Å². The van der Waals surface area contributed by atoms with Crippen molar-refractivity contribution < 1.29 is 8.95 Å². The largest absolute Gasteiger partial charge is 0.380 e. The summed E-state index contributed by atoms with van der Waals surface area (Å²) >= 11 is 0. The number of rotatable bonds is 4. The van der Waals surface area contributed by atoms with Gasteiger partial charge in [-0.3, -0.25) is 4.21 Å². The second kappa shape index (κ2) is 6.45. The van der Waals surface area contributed by atoms with E-state index in [0.717, 1.165) is 18.6 Å². The molecule has 3 unspecified atom stereocenters. The van der Waals surface area contributed by atoms with E-state index in [2.05, 4.69) is 24.4 Å². The Balaban J connectivity index is 2.02. The van der Waals surface area contributed by atoms with Crippen molar-refractivity contribution >= 4 is 10.8 Å². The molecule has 0 aliphatic carbocycles. The van der Waals surface area contributed by atoms with Gasteiger partial charge in [0.05, 0.1) is 11.9 Å². The highest BCUT2D eigenvalue weighted by Crippen LogP contribution is 2.17. The number of hydrogen-bond acceptors (Lipinski definition) is 3. The summed E-state index contributed by atoms with van der Waals surface area (Å²) in [5.74, 6) is 0.619. The van der Waals surface area contributed by atoms with Crippen molar-refractivity contribution in [2.24, 2.45) is 0 Å². The van der Waals surface area contributed by atoms with E-state index in [1.54, 1.807) is 0 Å². The van der Waals surface area contributed by atoms with Crippen LogP contribution in [0.5, 0.6) is 0 Å². The summed E-state index contributed by atoms with van der Waals surface area (Å²) in [6, 6.07) is 8.55. The first-order chi connectivity index (χ1) is 8.70. The number of ether oxygens (including phenoxy) is 1. The van der Waals surface area contributed by atoms with E-state index in [1.807, 2.05) is 19.2 Å². The third-order valence-electron chi connectivity index (χ3n) is 3.40.